The predicted molar refractivity (Wildman–Crippen MR) is 117 cm³/mol. The highest BCUT2D eigenvalue weighted by atomic mass is 16.6. The van der Waals surface area contributed by atoms with E-state index in [1.165, 1.54) is 37.9 Å². The maximum Gasteiger partial charge on any atom is 0.315 e. The molecule has 2 aliphatic carbocycles. The Labute approximate surface area is 181 Å². The van der Waals surface area contributed by atoms with Crippen molar-refractivity contribution in [3.8, 4) is 0 Å². The molecule has 0 radical (unpaired) electrons. The number of piperazine rings is 1. The van der Waals surface area contributed by atoms with Crippen molar-refractivity contribution < 1.29 is 19.3 Å². The number of ether oxygens (including phenoxy) is 1. The first-order valence-electron chi connectivity index (χ1n) is 12.2. The SMILES string of the molecule is C[C@@H]1CCC[C@]2(C)C[C@H]3OC(=O)[C@@H](C[NH+]4CC[NH+](Cc5ccccc5)CC4)[C@H]3C=C12. The van der Waals surface area contributed by atoms with Crippen LogP contribution in [0, 0.1) is 23.2 Å². The number of benzene rings is 1. The van der Waals surface area contributed by atoms with Crippen LogP contribution < -0.4 is 9.80 Å². The van der Waals surface area contributed by atoms with Gasteiger partial charge in [0.05, 0.1) is 6.54 Å². The third-order valence-electron chi connectivity index (χ3n) is 8.55. The second kappa shape index (κ2) is 8.12. The zero-order chi connectivity index (χ0) is 20.7. The molecule has 0 unspecified atom stereocenters. The van der Waals surface area contributed by atoms with Gasteiger partial charge in [0, 0.05) is 11.5 Å². The summed E-state index contributed by atoms with van der Waals surface area (Å²) in [4.78, 5) is 16.1. The first-order valence-corrected chi connectivity index (χ1v) is 12.2. The van der Waals surface area contributed by atoms with Crippen molar-refractivity contribution in [1.29, 1.82) is 0 Å². The molecule has 2 N–H and O–H groups in total. The van der Waals surface area contributed by atoms with Crippen molar-refractivity contribution in [3.63, 3.8) is 0 Å². The molecule has 3 fully saturated rings. The average molecular weight is 411 g/mol. The zero-order valence-corrected chi connectivity index (χ0v) is 18.7. The van der Waals surface area contributed by atoms with Crippen LogP contribution in [0.5, 0.6) is 0 Å². The number of nitrogens with one attached hydrogen (secondary N) is 2. The van der Waals surface area contributed by atoms with Crippen LogP contribution in [0.2, 0.25) is 0 Å². The fourth-order valence-corrected chi connectivity index (χ4v) is 6.82. The third-order valence-corrected chi connectivity index (χ3v) is 8.55. The van der Waals surface area contributed by atoms with Crippen LogP contribution in [-0.4, -0.2) is 44.8 Å². The lowest BCUT2D eigenvalue weighted by Crippen LogP contribution is -3.27. The Hall–Kier alpha value is -1.65. The van der Waals surface area contributed by atoms with Gasteiger partial charge in [-0.15, -0.1) is 0 Å². The van der Waals surface area contributed by atoms with Crippen molar-refractivity contribution in [2.45, 2.75) is 52.2 Å². The monoisotopic (exact) mass is 410 g/mol. The first kappa shape index (κ1) is 20.3. The van der Waals surface area contributed by atoms with Crippen LogP contribution in [-0.2, 0) is 16.1 Å². The molecule has 0 bridgehead atoms. The standard InChI is InChI=1S/C26H36N2O2/c1-19-7-6-10-26(2)16-24-21(15-23(19)26)22(25(29)30-24)18-28-13-11-27(12-14-28)17-20-8-4-3-5-9-20/h3-5,8-9,15,19,21-22,24H,6-7,10-14,16-18H2,1-2H3/p+2/t19-,21-,22+,24-,26-/m1/s1. The summed E-state index contributed by atoms with van der Waals surface area (Å²) in [6.07, 6.45) is 7.53. The Kier molecular flexibility index (Phi) is 5.49. The topological polar surface area (TPSA) is 35.2 Å². The highest BCUT2D eigenvalue weighted by Crippen LogP contribution is 2.53. The van der Waals surface area contributed by atoms with Gasteiger partial charge in [0.15, 0.2) is 0 Å². The van der Waals surface area contributed by atoms with E-state index in [9.17, 15) is 4.79 Å². The molecule has 2 aliphatic heterocycles. The van der Waals surface area contributed by atoms with Gasteiger partial charge in [0.25, 0.3) is 0 Å². The summed E-state index contributed by atoms with van der Waals surface area (Å²) in [5.74, 6) is 1.11. The number of hydrogen-bond donors (Lipinski definition) is 2. The van der Waals surface area contributed by atoms with Crippen molar-refractivity contribution in [3.05, 3.63) is 47.5 Å². The Balaban J connectivity index is 1.22. The Morgan fingerprint density at radius 1 is 1.10 bits per heavy atom. The molecule has 4 nitrogen and oxygen atoms in total. The molecule has 0 spiro atoms. The van der Waals surface area contributed by atoms with Gasteiger partial charge in [-0.3, -0.25) is 4.79 Å². The van der Waals surface area contributed by atoms with Gasteiger partial charge < -0.3 is 14.5 Å². The second-order valence-corrected chi connectivity index (χ2v) is 10.7. The van der Waals surface area contributed by atoms with Gasteiger partial charge in [-0.2, -0.15) is 0 Å². The van der Waals surface area contributed by atoms with Gasteiger partial charge in [-0.05, 0) is 30.6 Å². The molecular formula is C26H38N2O2+2. The van der Waals surface area contributed by atoms with Crippen molar-refractivity contribution in [2.24, 2.45) is 23.2 Å². The quantitative estimate of drug-likeness (QED) is 0.580. The van der Waals surface area contributed by atoms with E-state index in [1.807, 2.05) is 0 Å². The van der Waals surface area contributed by atoms with E-state index in [4.69, 9.17) is 4.74 Å². The van der Waals surface area contributed by atoms with Gasteiger partial charge in [-0.25, -0.2) is 0 Å². The minimum atomic E-state index is 0.0619. The van der Waals surface area contributed by atoms with Crippen LogP contribution in [0.4, 0.5) is 0 Å². The summed E-state index contributed by atoms with van der Waals surface area (Å²) in [5.41, 5.74) is 3.31. The summed E-state index contributed by atoms with van der Waals surface area (Å²) in [6.45, 7) is 11.6. The van der Waals surface area contributed by atoms with E-state index < -0.39 is 0 Å². The Morgan fingerprint density at radius 2 is 1.83 bits per heavy atom. The molecule has 1 saturated carbocycles. The van der Waals surface area contributed by atoms with E-state index in [2.05, 4.69) is 50.3 Å². The van der Waals surface area contributed by atoms with Crippen molar-refractivity contribution in [1.82, 2.24) is 0 Å². The molecule has 0 aromatic heterocycles. The number of esters is 1. The number of allylic oxidation sites excluding steroid dienone is 1. The molecule has 30 heavy (non-hydrogen) atoms. The molecule has 0 amide bonds. The Bertz CT molecular complexity index is 799. The maximum atomic E-state index is 12.8. The molecular weight excluding hydrogens is 372 g/mol. The molecule has 4 heteroatoms. The molecule has 5 rings (SSSR count). The minimum absolute atomic E-state index is 0.0619. The van der Waals surface area contributed by atoms with Gasteiger partial charge in [-0.1, -0.05) is 62.2 Å². The van der Waals surface area contributed by atoms with E-state index in [0.29, 0.717) is 11.8 Å². The highest BCUT2D eigenvalue weighted by molar-refractivity contribution is 5.76. The van der Waals surface area contributed by atoms with E-state index in [-0.39, 0.29) is 23.4 Å². The number of fused-ring (bicyclic) bond motifs is 2. The number of rotatable bonds is 4. The average Bonchev–Trinajstić information content (AvgIpc) is 3.02. The zero-order valence-electron chi connectivity index (χ0n) is 18.7. The molecule has 5 atom stereocenters. The van der Waals surface area contributed by atoms with Crippen LogP contribution >= 0.6 is 0 Å². The first-order chi connectivity index (χ1) is 14.5. The number of hydrogen-bond acceptors (Lipinski definition) is 2. The minimum Gasteiger partial charge on any atom is -0.461 e. The third kappa shape index (κ3) is 3.85. The van der Waals surface area contributed by atoms with Gasteiger partial charge >= 0.3 is 5.97 Å². The molecule has 4 aliphatic rings. The normalized spacial score (nSPS) is 40.9. The van der Waals surface area contributed by atoms with Crippen molar-refractivity contribution >= 4 is 5.97 Å². The van der Waals surface area contributed by atoms with E-state index >= 15 is 0 Å². The van der Waals surface area contributed by atoms with Crippen LogP contribution in [0.25, 0.3) is 0 Å². The number of carbonyl (C=O) groups excluding carboxylic acids is 1. The van der Waals surface area contributed by atoms with Crippen molar-refractivity contribution in [2.75, 3.05) is 32.7 Å². The summed E-state index contributed by atoms with van der Waals surface area (Å²) in [6, 6.07) is 10.8. The molecule has 2 saturated heterocycles. The van der Waals surface area contributed by atoms with E-state index in [1.54, 1.807) is 15.4 Å². The van der Waals surface area contributed by atoms with Gasteiger partial charge in [0.2, 0.25) is 0 Å². The van der Waals surface area contributed by atoms with Crippen LogP contribution in [0.3, 0.4) is 0 Å². The summed E-state index contributed by atoms with van der Waals surface area (Å²) >= 11 is 0. The van der Waals surface area contributed by atoms with E-state index in [0.717, 1.165) is 32.6 Å². The summed E-state index contributed by atoms with van der Waals surface area (Å²) < 4.78 is 5.97. The lowest BCUT2D eigenvalue weighted by Gasteiger charge is -2.46. The maximum absolute atomic E-state index is 12.8. The predicted octanol–water partition coefficient (Wildman–Crippen LogP) is 1.28. The molecule has 2 heterocycles. The number of carbonyl (C=O) groups is 1. The van der Waals surface area contributed by atoms with Gasteiger partial charge in [0.1, 0.15) is 44.7 Å². The molecule has 1 aromatic rings. The second-order valence-electron chi connectivity index (χ2n) is 10.7. The Morgan fingerprint density at radius 3 is 2.60 bits per heavy atom. The molecule has 1 aromatic carbocycles. The summed E-state index contributed by atoms with van der Waals surface area (Å²) in [5, 5.41) is 0. The number of quaternary nitrogens is 2. The molecule has 162 valence electrons. The van der Waals surface area contributed by atoms with Crippen LogP contribution in [0.15, 0.2) is 42.0 Å². The lowest BCUT2D eigenvalue weighted by atomic mass is 9.59. The lowest BCUT2D eigenvalue weighted by molar-refractivity contribution is -1.02. The smallest absolute Gasteiger partial charge is 0.315 e. The highest BCUT2D eigenvalue weighted by Gasteiger charge is 2.52. The largest absolute Gasteiger partial charge is 0.461 e. The summed E-state index contributed by atoms with van der Waals surface area (Å²) in [7, 11) is 0. The fourth-order valence-electron chi connectivity index (χ4n) is 6.82. The fraction of sp³-hybridized carbons (Fsp3) is 0.654. The van der Waals surface area contributed by atoms with Crippen LogP contribution in [0.1, 0.15) is 45.1 Å².